The highest BCUT2D eigenvalue weighted by Gasteiger charge is 2.19. The van der Waals surface area contributed by atoms with Crippen LogP contribution in [0.4, 0.5) is 5.82 Å². The van der Waals surface area contributed by atoms with Crippen LogP contribution in [0.2, 0.25) is 0 Å². The van der Waals surface area contributed by atoms with Gasteiger partial charge in [0.2, 0.25) is 0 Å². The van der Waals surface area contributed by atoms with Crippen LogP contribution in [0.25, 0.3) is 10.9 Å². The van der Waals surface area contributed by atoms with Crippen molar-refractivity contribution in [3.05, 3.63) is 35.9 Å². The maximum absolute atomic E-state index is 6.03. The van der Waals surface area contributed by atoms with E-state index in [1.807, 2.05) is 13.0 Å². The van der Waals surface area contributed by atoms with Gasteiger partial charge in [-0.3, -0.25) is 0 Å². The van der Waals surface area contributed by atoms with Gasteiger partial charge < -0.3 is 10.6 Å². The zero-order valence-corrected chi connectivity index (χ0v) is 13.8. The monoisotopic (exact) mass is 285 g/mol. The molecule has 0 aliphatic carbocycles. The molecule has 2 rings (SSSR count). The Labute approximate surface area is 128 Å². The van der Waals surface area contributed by atoms with Crippen LogP contribution in [0, 0.1) is 5.92 Å². The maximum Gasteiger partial charge on any atom is 0.132 e. The van der Waals surface area contributed by atoms with Crippen LogP contribution >= 0.6 is 0 Å². The van der Waals surface area contributed by atoms with E-state index >= 15 is 0 Å². The van der Waals surface area contributed by atoms with E-state index < -0.39 is 0 Å². The number of aromatic nitrogens is 1. The number of hydrogen-bond donors (Lipinski definition) is 1. The SMILES string of the molecule is CC(N)Cc1cc2ccccc2nc1N(C)C(C)C(C)C. The lowest BCUT2D eigenvalue weighted by atomic mass is 10.0. The number of nitrogens with two attached hydrogens (primary N) is 1. The maximum atomic E-state index is 6.03. The minimum Gasteiger partial charge on any atom is -0.356 e. The average molecular weight is 285 g/mol. The molecule has 3 nitrogen and oxygen atoms in total. The van der Waals surface area contributed by atoms with Crippen LogP contribution in [0.1, 0.15) is 33.3 Å². The van der Waals surface area contributed by atoms with Crippen molar-refractivity contribution in [2.45, 2.75) is 46.2 Å². The highest BCUT2D eigenvalue weighted by Crippen LogP contribution is 2.26. The Bertz CT molecular complexity index is 604. The number of benzene rings is 1. The number of pyridine rings is 1. The molecule has 0 amide bonds. The van der Waals surface area contributed by atoms with Gasteiger partial charge in [0.15, 0.2) is 0 Å². The second kappa shape index (κ2) is 6.44. The van der Waals surface area contributed by atoms with E-state index in [-0.39, 0.29) is 6.04 Å². The zero-order valence-electron chi connectivity index (χ0n) is 13.8. The van der Waals surface area contributed by atoms with Gasteiger partial charge in [-0.2, -0.15) is 0 Å². The molecule has 1 aromatic carbocycles. The first-order valence-corrected chi connectivity index (χ1v) is 7.77. The normalized spacial score (nSPS) is 14.4. The first kappa shape index (κ1) is 15.8. The summed E-state index contributed by atoms with van der Waals surface area (Å²) >= 11 is 0. The predicted molar refractivity (Wildman–Crippen MR) is 91.8 cm³/mol. The third-order valence-corrected chi connectivity index (χ3v) is 4.23. The fraction of sp³-hybridized carbons (Fsp3) is 0.500. The van der Waals surface area contributed by atoms with Crippen molar-refractivity contribution in [1.82, 2.24) is 4.98 Å². The van der Waals surface area contributed by atoms with Crippen LogP contribution in [-0.4, -0.2) is 24.1 Å². The molecule has 0 radical (unpaired) electrons. The van der Waals surface area contributed by atoms with Crippen molar-refractivity contribution in [2.75, 3.05) is 11.9 Å². The third kappa shape index (κ3) is 3.53. The second-order valence-corrected chi connectivity index (χ2v) is 6.44. The number of para-hydroxylation sites is 1. The summed E-state index contributed by atoms with van der Waals surface area (Å²) in [7, 11) is 2.13. The van der Waals surface area contributed by atoms with Crippen LogP contribution < -0.4 is 10.6 Å². The first-order valence-electron chi connectivity index (χ1n) is 7.77. The van der Waals surface area contributed by atoms with Gasteiger partial charge in [-0.15, -0.1) is 0 Å². The highest BCUT2D eigenvalue weighted by atomic mass is 15.2. The van der Waals surface area contributed by atoms with Crippen molar-refractivity contribution in [1.29, 1.82) is 0 Å². The Morgan fingerprint density at radius 2 is 1.81 bits per heavy atom. The van der Waals surface area contributed by atoms with Gasteiger partial charge in [0.1, 0.15) is 5.82 Å². The molecule has 114 valence electrons. The summed E-state index contributed by atoms with van der Waals surface area (Å²) in [5.41, 5.74) is 8.31. The molecule has 0 saturated carbocycles. The van der Waals surface area contributed by atoms with Crippen LogP contribution in [0.5, 0.6) is 0 Å². The highest BCUT2D eigenvalue weighted by molar-refractivity contribution is 5.81. The van der Waals surface area contributed by atoms with E-state index in [0.29, 0.717) is 12.0 Å². The molecule has 0 saturated heterocycles. The number of anilines is 1. The summed E-state index contributed by atoms with van der Waals surface area (Å²) in [5, 5.41) is 1.18. The molecular weight excluding hydrogens is 258 g/mol. The summed E-state index contributed by atoms with van der Waals surface area (Å²) in [4.78, 5) is 7.19. The molecule has 0 spiro atoms. The van der Waals surface area contributed by atoms with Gasteiger partial charge in [0.25, 0.3) is 0 Å². The molecule has 2 N–H and O–H groups in total. The number of fused-ring (bicyclic) bond motifs is 1. The smallest absolute Gasteiger partial charge is 0.132 e. The van der Waals surface area contributed by atoms with Gasteiger partial charge in [-0.1, -0.05) is 32.0 Å². The summed E-state index contributed by atoms with van der Waals surface area (Å²) in [6.45, 7) is 8.78. The average Bonchev–Trinajstić information content (AvgIpc) is 2.44. The Kier molecular flexibility index (Phi) is 4.84. The molecule has 0 aliphatic rings. The fourth-order valence-electron chi connectivity index (χ4n) is 2.59. The van der Waals surface area contributed by atoms with Crippen molar-refractivity contribution in [3.63, 3.8) is 0 Å². The van der Waals surface area contributed by atoms with Crippen LogP contribution in [0.15, 0.2) is 30.3 Å². The lowest BCUT2D eigenvalue weighted by Gasteiger charge is -2.31. The van der Waals surface area contributed by atoms with Gasteiger partial charge in [0.05, 0.1) is 5.52 Å². The van der Waals surface area contributed by atoms with Crippen molar-refractivity contribution < 1.29 is 0 Å². The Morgan fingerprint density at radius 3 is 2.43 bits per heavy atom. The Hall–Kier alpha value is -1.61. The Balaban J connectivity index is 2.52. The van der Waals surface area contributed by atoms with Crippen LogP contribution in [0.3, 0.4) is 0 Å². The van der Waals surface area contributed by atoms with Crippen molar-refractivity contribution in [3.8, 4) is 0 Å². The van der Waals surface area contributed by atoms with Crippen molar-refractivity contribution in [2.24, 2.45) is 11.7 Å². The minimum absolute atomic E-state index is 0.134. The van der Waals surface area contributed by atoms with Crippen LogP contribution in [-0.2, 0) is 6.42 Å². The number of hydrogen-bond acceptors (Lipinski definition) is 3. The van der Waals surface area contributed by atoms with Gasteiger partial charge in [0, 0.05) is 24.5 Å². The molecule has 0 bridgehead atoms. The predicted octanol–water partition coefficient (Wildman–Crippen LogP) is 3.61. The van der Waals surface area contributed by atoms with E-state index in [4.69, 9.17) is 10.7 Å². The molecule has 3 heteroatoms. The van der Waals surface area contributed by atoms with E-state index in [2.05, 4.69) is 57.0 Å². The summed E-state index contributed by atoms with van der Waals surface area (Å²) in [5.74, 6) is 1.64. The quantitative estimate of drug-likeness (QED) is 0.912. The zero-order chi connectivity index (χ0) is 15.6. The van der Waals surface area contributed by atoms with Gasteiger partial charge >= 0.3 is 0 Å². The molecule has 2 unspecified atom stereocenters. The number of rotatable bonds is 5. The van der Waals surface area contributed by atoms with E-state index in [9.17, 15) is 0 Å². The minimum atomic E-state index is 0.134. The fourth-order valence-corrected chi connectivity index (χ4v) is 2.59. The molecule has 0 aliphatic heterocycles. The standard InChI is InChI=1S/C18H27N3/c1-12(2)14(4)21(5)18-16(10-13(3)19)11-15-8-6-7-9-17(15)20-18/h6-9,11-14H,10,19H2,1-5H3. The summed E-state index contributed by atoms with van der Waals surface area (Å²) < 4.78 is 0. The molecular formula is C18H27N3. The number of nitrogens with zero attached hydrogens (tertiary/aromatic N) is 2. The molecule has 21 heavy (non-hydrogen) atoms. The largest absolute Gasteiger partial charge is 0.356 e. The van der Waals surface area contributed by atoms with E-state index in [1.54, 1.807) is 0 Å². The molecule has 0 fully saturated rings. The molecule has 2 aromatic rings. The lowest BCUT2D eigenvalue weighted by molar-refractivity contribution is 0.501. The summed E-state index contributed by atoms with van der Waals surface area (Å²) in [6.07, 6.45) is 0.850. The van der Waals surface area contributed by atoms with E-state index in [0.717, 1.165) is 17.8 Å². The van der Waals surface area contributed by atoms with Gasteiger partial charge in [-0.05, 0) is 43.9 Å². The van der Waals surface area contributed by atoms with Crippen molar-refractivity contribution >= 4 is 16.7 Å². The molecule has 1 heterocycles. The topological polar surface area (TPSA) is 42.1 Å². The van der Waals surface area contributed by atoms with Gasteiger partial charge in [-0.25, -0.2) is 4.98 Å². The Morgan fingerprint density at radius 1 is 1.14 bits per heavy atom. The molecule has 2 atom stereocenters. The lowest BCUT2D eigenvalue weighted by Crippen LogP contribution is -2.35. The first-order chi connectivity index (χ1) is 9.90. The second-order valence-electron chi connectivity index (χ2n) is 6.44. The van der Waals surface area contributed by atoms with E-state index in [1.165, 1.54) is 10.9 Å². The third-order valence-electron chi connectivity index (χ3n) is 4.23. The summed E-state index contributed by atoms with van der Waals surface area (Å²) in [6, 6.07) is 11.1. The molecule has 1 aromatic heterocycles.